The molecule has 0 aliphatic heterocycles. The zero-order valence-electron chi connectivity index (χ0n) is 12.2. The fraction of sp³-hybridized carbons (Fsp3) is 0.500. The molecule has 1 rings (SSSR count). The molecule has 0 aromatic heterocycles. The zero-order chi connectivity index (χ0) is 15.9. The van der Waals surface area contributed by atoms with Crippen molar-refractivity contribution >= 4 is 21.6 Å². The van der Waals surface area contributed by atoms with Crippen molar-refractivity contribution in [2.24, 2.45) is 0 Å². The minimum atomic E-state index is -3.76. The van der Waals surface area contributed by atoms with Gasteiger partial charge in [-0.2, -0.15) is 9.57 Å². The molecular weight excluding hydrogens is 312 g/mol. The van der Waals surface area contributed by atoms with Crippen LogP contribution < -0.4 is 0 Å². The summed E-state index contributed by atoms with van der Waals surface area (Å²) in [4.78, 5) is -0.0512. The Labute approximate surface area is 131 Å². The molecule has 116 valence electrons. The Hall–Kier alpha value is -1.13. The van der Waals surface area contributed by atoms with Crippen LogP contribution in [0, 0.1) is 11.3 Å². The maximum Gasteiger partial charge on any atom is 0.244 e. The molecule has 0 spiro atoms. The van der Waals surface area contributed by atoms with E-state index in [2.05, 4.69) is 0 Å². The van der Waals surface area contributed by atoms with Crippen molar-refractivity contribution in [3.8, 4) is 6.07 Å². The number of hydrogen-bond donors (Lipinski definition) is 0. The molecule has 0 saturated carbocycles. The van der Waals surface area contributed by atoms with Gasteiger partial charge in [-0.05, 0) is 18.6 Å². The monoisotopic (exact) mass is 330 g/mol. The summed E-state index contributed by atoms with van der Waals surface area (Å²) in [6.45, 7) is 2.92. The Bertz CT molecular complexity index is 603. The van der Waals surface area contributed by atoms with Gasteiger partial charge in [0.05, 0.1) is 17.2 Å². The normalized spacial score (nSPS) is 11.6. The predicted octanol–water partition coefficient (Wildman–Crippen LogP) is 2.65. The molecule has 1 aromatic rings. The van der Waals surface area contributed by atoms with Crippen molar-refractivity contribution < 1.29 is 13.2 Å². The SMILES string of the molecule is CCCCN(CCOC)S(=O)(=O)c1cccc(Cl)c1C#N. The van der Waals surface area contributed by atoms with Crippen LogP contribution in [0.2, 0.25) is 5.02 Å². The minimum Gasteiger partial charge on any atom is -0.383 e. The largest absolute Gasteiger partial charge is 0.383 e. The number of sulfonamides is 1. The van der Waals surface area contributed by atoms with Crippen molar-refractivity contribution in [3.05, 3.63) is 28.8 Å². The highest BCUT2D eigenvalue weighted by molar-refractivity contribution is 7.89. The Morgan fingerprint density at radius 2 is 2.10 bits per heavy atom. The molecular formula is C14H19ClN2O3S. The van der Waals surface area contributed by atoms with E-state index in [0.717, 1.165) is 12.8 Å². The number of ether oxygens (including phenoxy) is 1. The van der Waals surface area contributed by atoms with E-state index >= 15 is 0 Å². The molecule has 5 nitrogen and oxygen atoms in total. The Balaban J connectivity index is 3.22. The van der Waals surface area contributed by atoms with Gasteiger partial charge in [0.2, 0.25) is 10.0 Å². The van der Waals surface area contributed by atoms with Gasteiger partial charge in [0.1, 0.15) is 11.0 Å². The van der Waals surface area contributed by atoms with Crippen LogP contribution in [0.4, 0.5) is 0 Å². The molecule has 0 saturated heterocycles. The van der Waals surface area contributed by atoms with Crippen LogP contribution >= 0.6 is 11.6 Å². The first-order valence-electron chi connectivity index (χ1n) is 6.66. The summed E-state index contributed by atoms with van der Waals surface area (Å²) in [6, 6.07) is 6.31. The summed E-state index contributed by atoms with van der Waals surface area (Å²) in [7, 11) is -2.25. The van der Waals surface area contributed by atoms with Crippen LogP contribution in [0.25, 0.3) is 0 Å². The number of halogens is 1. The molecule has 1 aromatic carbocycles. The maximum atomic E-state index is 12.7. The van der Waals surface area contributed by atoms with Crippen molar-refractivity contribution in [3.63, 3.8) is 0 Å². The van der Waals surface area contributed by atoms with Gasteiger partial charge in [-0.1, -0.05) is 31.0 Å². The fourth-order valence-corrected chi connectivity index (χ4v) is 3.75. The molecule has 0 unspecified atom stereocenters. The van der Waals surface area contributed by atoms with Crippen LogP contribution in [-0.2, 0) is 14.8 Å². The molecule has 0 atom stereocenters. The van der Waals surface area contributed by atoms with Gasteiger partial charge in [0, 0.05) is 20.2 Å². The Kier molecular flexibility index (Phi) is 7.12. The number of rotatable bonds is 8. The summed E-state index contributed by atoms with van der Waals surface area (Å²) >= 11 is 5.92. The minimum absolute atomic E-state index is 0.0157. The molecule has 0 bridgehead atoms. The molecule has 0 fully saturated rings. The highest BCUT2D eigenvalue weighted by atomic mass is 35.5. The van der Waals surface area contributed by atoms with E-state index in [0.29, 0.717) is 13.2 Å². The lowest BCUT2D eigenvalue weighted by Gasteiger charge is -2.22. The Morgan fingerprint density at radius 3 is 2.67 bits per heavy atom. The number of methoxy groups -OCH3 is 1. The molecule has 0 radical (unpaired) electrons. The van der Waals surface area contributed by atoms with E-state index in [9.17, 15) is 8.42 Å². The molecule has 0 amide bonds. The Morgan fingerprint density at radius 1 is 1.38 bits per heavy atom. The second-order valence-electron chi connectivity index (χ2n) is 4.48. The lowest BCUT2D eigenvalue weighted by molar-refractivity contribution is 0.178. The van der Waals surface area contributed by atoms with Gasteiger partial charge < -0.3 is 4.74 Å². The topological polar surface area (TPSA) is 70.4 Å². The van der Waals surface area contributed by atoms with Crippen molar-refractivity contribution in [1.82, 2.24) is 4.31 Å². The summed E-state index contributed by atoms with van der Waals surface area (Å²) in [5, 5.41) is 9.29. The lowest BCUT2D eigenvalue weighted by atomic mass is 10.2. The lowest BCUT2D eigenvalue weighted by Crippen LogP contribution is -2.35. The van der Waals surface area contributed by atoms with Crippen LogP contribution in [-0.4, -0.2) is 39.5 Å². The molecule has 0 aliphatic rings. The average Bonchev–Trinajstić information content (AvgIpc) is 2.46. The average molecular weight is 331 g/mol. The van der Waals surface area contributed by atoms with E-state index in [4.69, 9.17) is 21.6 Å². The van der Waals surface area contributed by atoms with E-state index < -0.39 is 10.0 Å². The van der Waals surface area contributed by atoms with Crippen molar-refractivity contribution in [1.29, 1.82) is 5.26 Å². The van der Waals surface area contributed by atoms with Gasteiger partial charge in [0.25, 0.3) is 0 Å². The second kappa shape index (κ2) is 8.35. The standard InChI is InChI=1S/C14H19ClN2O3S/c1-3-4-8-17(9-10-20-2)21(18,19)14-7-5-6-13(15)12(14)11-16/h5-7H,3-4,8-10H2,1-2H3. The summed E-state index contributed by atoms with van der Waals surface area (Å²) < 4.78 is 31.8. The van der Waals surface area contributed by atoms with Gasteiger partial charge in [-0.15, -0.1) is 0 Å². The van der Waals surface area contributed by atoms with E-state index in [1.54, 1.807) is 0 Å². The summed E-state index contributed by atoms with van der Waals surface area (Å²) in [5.41, 5.74) is -0.0157. The third-order valence-corrected chi connectivity index (χ3v) is 5.27. The third-order valence-electron chi connectivity index (χ3n) is 3.01. The molecule has 7 heteroatoms. The number of unbranched alkanes of at least 4 members (excludes halogenated alkanes) is 1. The van der Waals surface area contributed by atoms with Gasteiger partial charge in [-0.25, -0.2) is 8.42 Å². The summed E-state index contributed by atoms with van der Waals surface area (Å²) in [6.07, 6.45) is 1.62. The van der Waals surface area contributed by atoms with Crippen LogP contribution in [0.15, 0.2) is 23.1 Å². The van der Waals surface area contributed by atoms with Crippen LogP contribution in [0.3, 0.4) is 0 Å². The van der Waals surface area contributed by atoms with Crippen molar-refractivity contribution in [2.75, 3.05) is 26.8 Å². The van der Waals surface area contributed by atoms with E-state index in [-0.39, 0.29) is 22.0 Å². The number of nitrogens with zero attached hydrogens (tertiary/aromatic N) is 2. The first-order chi connectivity index (χ1) is 9.98. The molecule has 21 heavy (non-hydrogen) atoms. The smallest absolute Gasteiger partial charge is 0.244 e. The van der Waals surface area contributed by atoms with Gasteiger partial charge in [0.15, 0.2) is 0 Å². The van der Waals surface area contributed by atoms with Crippen LogP contribution in [0.5, 0.6) is 0 Å². The molecule has 0 N–H and O–H groups in total. The van der Waals surface area contributed by atoms with Gasteiger partial charge >= 0.3 is 0 Å². The first kappa shape index (κ1) is 17.9. The molecule has 0 aliphatic carbocycles. The van der Waals surface area contributed by atoms with E-state index in [1.807, 2.05) is 13.0 Å². The van der Waals surface area contributed by atoms with E-state index in [1.165, 1.54) is 29.6 Å². The highest BCUT2D eigenvalue weighted by Gasteiger charge is 2.27. The fourth-order valence-electron chi connectivity index (χ4n) is 1.85. The van der Waals surface area contributed by atoms with Crippen LogP contribution in [0.1, 0.15) is 25.3 Å². The van der Waals surface area contributed by atoms with Gasteiger partial charge in [-0.3, -0.25) is 0 Å². The quantitative estimate of drug-likeness (QED) is 0.734. The first-order valence-corrected chi connectivity index (χ1v) is 8.48. The number of nitriles is 1. The second-order valence-corrected chi connectivity index (χ2v) is 6.79. The third kappa shape index (κ3) is 4.42. The number of hydrogen-bond acceptors (Lipinski definition) is 4. The summed E-state index contributed by atoms with van der Waals surface area (Å²) in [5.74, 6) is 0. The zero-order valence-corrected chi connectivity index (χ0v) is 13.7. The van der Waals surface area contributed by atoms with Crippen molar-refractivity contribution in [2.45, 2.75) is 24.7 Å². The predicted molar refractivity (Wildman–Crippen MR) is 81.7 cm³/mol. The maximum absolute atomic E-state index is 12.7. The highest BCUT2D eigenvalue weighted by Crippen LogP contribution is 2.26. The molecule has 0 heterocycles. The number of benzene rings is 1.